The van der Waals surface area contributed by atoms with Gasteiger partial charge in [-0.15, -0.1) is 0 Å². The number of H-pyrrole nitrogens is 1. The van der Waals surface area contributed by atoms with Crippen LogP contribution in [0, 0.1) is 0 Å². The van der Waals surface area contributed by atoms with E-state index in [9.17, 15) is 4.79 Å². The molecule has 3 N–H and O–H groups in total. The Labute approximate surface area is 171 Å². The van der Waals surface area contributed by atoms with E-state index in [1.165, 1.54) is 0 Å². The van der Waals surface area contributed by atoms with E-state index in [0.717, 1.165) is 28.0 Å². The number of amides is 1. The van der Waals surface area contributed by atoms with Gasteiger partial charge in [-0.2, -0.15) is 5.10 Å². The Morgan fingerprint density at radius 3 is 2.75 bits per heavy atom. The molecule has 0 aliphatic carbocycles. The van der Waals surface area contributed by atoms with Gasteiger partial charge in [-0.25, -0.2) is 9.78 Å². The van der Waals surface area contributed by atoms with Crippen LogP contribution in [0.5, 0.6) is 0 Å². The summed E-state index contributed by atoms with van der Waals surface area (Å²) in [5.41, 5.74) is 1.88. The molecule has 1 aliphatic heterocycles. The van der Waals surface area contributed by atoms with Gasteiger partial charge < -0.3 is 15.3 Å². The summed E-state index contributed by atoms with van der Waals surface area (Å²) in [5.74, 6) is 0.798. The Balaban J connectivity index is 1.67. The minimum atomic E-state index is -0.993. The number of hydrogen-bond donors (Lipinski definition) is 3. The Kier molecular flexibility index (Phi) is 4.81. The molecule has 7 nitrogen and oxygen atoms in total. The molecule has 0 atom stereocenters. The van der Waals surface area contributed by atoms with Crippen LogP contribution in [-0.4, -0.2) is 45.0 Å². The fourth-order valence-corrected chi connectivity index (χ4v) is 4.05. The normalized spacial score (nSPS) is 16.3. The number of piperidine rings is 1. The molecule has 9 heteroatoms. The first-order chi connectivity index (χ1) is 13.4. The molecule has 4 rings (SSSR count). The quantitative estimate of drug-likeness (QED) is 0.578. The van der Waals surface area contributed by atoms with Crippen molar-refractivity contribution in [2.45, 2.75) is 25.3 Å². The van der Waals surface area contributed by atoms with Crippen LogP contribution >= 0.6 is 23.2 Å². The molecule has 0 radical (unpaired) electrons. The lowest BCUT2D eigenvalue weighted by Gasteiger charge is -2.39. The lowest BCUT2D eigenvalue weighted by atomic mass is 9.90. The van der Waals surface area contributed by atoms with E-state index < -0.39 is 11.6 Å². The minimum absolute atomic E-state index is 0.427. The van der Waals surface area contributed by atoms with Crippen LogP contribution in [0.1, 0.15) is 19.8 Å². The third-order valence-electron chi connectivity index (χ3n) is 5.25. The van der Waals surface area contributed by atoms with E-state index in [0.29, 0.717) is 36.0 Å². The van der Waals surface area contributed by atoms with Crippen molar-refractivity contribution in [1.82, 2.24) is 20.5 Å². The number of aromatic nitrogens is 3. The highest BCUT2D eigenvalue weighted by Crippen LogP contribution is 2.38. The second-order valence-electron chi connectivity index (χ2n) is 7.21. The Morgan fingerprint density at radius 1 is 1.29 bits per heavy atom. The van der Waals surface area contributed by atoms with E-state index in [1.54, 1.807) is 12.3 Å². The zero-order chi connectivity index (χ0) is 19.9. The number of benzene rings is 1. The molecular formula is C19H19Cl2N5O2. The maximum Gasteiger partial charge on any atom is 0.405 e. The summed E-state index contributed by atoms with van der Waals surface area (Å²) in [4.78, 5) is 17.7. The van der Waals surface area contributed by atoms with Crippen molar-refractivity contribution < 1.29 is 9.90 Å². The van der Waals surface area contributed by atoms with Crippen LogP contribution < -0.4 is 10.2 Å². The summed E-state index contributed by atoms with van der Waals surface area (Å²) in [5, 5.41) is 21.1. The Hall–Kier alpha value is -2.51. The number of nitrogens with zero attached hydrogens (tertiary/aromatic N) is 3. The van der Waals surface area contributed by atoms with Gasteiger partial charge in [0.15, 0.2) is 5.82 Å². The van der Waals surface area contributed by atoms with Crippen molar-refractivity contribution in [1.29, 1.82) is 0 Å². The molecule has 1 aliphatic rings. The standard InChI is InChI=1S/C19H19Cl2N5O2/c1-19(23-18(27)28)6-9-26(10-7-19)17-16-12(5-8-22-17)15(24-25-16)11-3-2-4-13(20)14(11)21/h2-5,8,23H,6-7,9-10H2,1H3,(H,24,25)(H,27,28). The lowest BCUT2D eigenvalue weighted by Crippen LogP contribution is -2.53. The van der Waals surface area contributed by atoms with Crippen LogP contribution in [0.2, 0.25) is 10.0 Å². The van der Waals surface area contributed by atoms with Gasteiger partial charge in [0.25, 0.3) is 0 Å². The molecule has 0 unspecified atom stereocenters. The number of nitrogens with one attached hydrogen (secondary N) is 2. The maximum absolute atomic E-state index is 11.0. The third-order valence-corrected chi connectivity index (χ3v) is 6.07. The average Bonchev–Trinajstić information content (AvgIpc) is 3.08. The van der Waals surface area contributed by atoms with Crippen LogP contribution in [-0.2, 0) is 0 Å². The van der Waals surface area contributed by atoms with E-state index in [2.05, 4.69) is 25.4 Å². The highest BCUT2D eigenvalue weighted by Gasteiger charge is 2.32. The van der Waals surface area contributed by atoms with Gasteiger partial charge >= 0.3 is 6.09 Å². The predicted octanol–water partition coefficient (Wildman–Crippen LogP) is 4.56. The summed E-state index contributed by atoms with van der Waals surface area (Å²) < 4.78 is 0. The van der Waals surface area contributed by atoms with E-state index >= 15 is 0 Å². The monoisotopic (exact) mass is 419 g/mol. The average molecular weight is 420 g/mol. The molecule has 2 aromatic heterocycles. The van der Waals surface area contributed by atoms with E-state index in [-0.39, 0.29) is 0 Å². The number of anilines is 1. The number of hydrogen-bond acceptors (Lipinski definition) is 4. The summed E-state index contributed by atoms with van der Waals surface area (Å²) in [6.07, 6.45) is 2.14. The fourth-order valence-electron chi connectivity index (χ4n) is 3.66. The Bertz CT molecular complexity index is 1040. The van der Waals surface area contributed by atoms with Gasteiger partial charge in [-0.1, -0.05) is 35.3 Å². The molecule has 0 spiro atoms. The number of fused-ring (bicyclic) bond motifs is 1. The topological polar surface area (TPSA) is 94.1 Å². The number of rotatable bonds is 3. The fraction of sp³-hybridized carbons (Fsp3) is 0.316. The largest absolute Gasteiger partial charge is 0.465 e. The molecule has 3 heterocycles. The van der Waals surface area contributed by atoms with Gasteiger partial charge in [0.05, 0.1) is 10.0 Å². The first-order valence-electron chi connectivity index (χ1n) is 8.91. The molecule has 146 valence electrons. The first kappa shape index (κ1) is 18.8. The van der Waals surface area contributed by atoms with Crippen molar-refractivity contribution in [2.75, 3.05) is 18.0 Å². The predicted molar refractivity (Wildman–Crippen MR) is 110 cm³/mol. The summed E-state index contributed by atoms with van der Waals surface area (Å²) in [7, 11) is 0. The summed E-state index contributed by atoms with van der Waals surface area (Å²) in [6, 6.07) is 7.36. The van der Waals surface area contributed by atoms with Crippen molar-refractivity contribution in [3.63, 3.8) is 0 Å². The van der Waals surface area contributed by atoms with Gasteiger partial charge in [-0.05, 0) is 31.9 Å². The number of aromatic amines is 1. The molecule has 1 fully saturated rings. The van der Waals surface area contributed by atoms with E-state index in [1.807, 2.05) is 25.1 Å². The smallest absolute Gasteiger partial charge is 0.405 e. The highest BCUT2D eigenvalue weighted by molar-refractivity contribution is 6.43. The zero-order valence-corrected chi connectivity index (χ0v) is 16.7. The third kappa shape index (κ3) is 3.36. The highest BCUT2D eigenvalue weighted by atomic mass is 35.5. The van der Waals surface area contributed by atoms with E-state index in [4.69, 9.17) is 28.3 Å². The summed E-state index contributed by atoms with van der Waals surface area (Å²) >= 11 is 12.5. The number of pyridine rings is 1. The second-order valence-corrected chi connectivity index (χ2v) is 7.99. The van der Waals surface area contributed by atoms with Gasteiger partial charge in [-0.3, -0.25) is 5.10 Å². The van der Waals surface area contributed by atoms with Gasteiger partial charge in [0, 0.05) is 35.8 Å². The summed E-state index contributed by atoms with van der Waals surface area (Å²) in [6.45, 7) is 3.31. The van der Waals surface area contributed by atoms with Crippen LogP contribution in [0.4, 0.5) is 10.6 Å². The van der Waals surface area contributed by atoms with Crippen LogP contribution in [0.3, 0.4) is 0 Å². The zero-order valence-electron chi connectivity index (χ0n) is 15.2. The SMILES string of the molecule is CC1(NC(=O)O)CCN(c2nccc3c(-c4cccc(Cl)c4Cl)n[nH]c23)CC1. The maximum atomic E-state index is 11.0. The van der Waals surface area contributed by atoms with Gasteiger partial charge in [0.2, 0.25) is 0 Å². The molecule has 1 amide bonds. The molecule has 1 aromatic carbocycles. The molecule has 3 aromatic rings. The van der Waals surface area contributed by atoms with Crippen LogP contribution in [0.15, 0.2) is 30.5 Å². The Morgan fingerprint density at radius 2 is 2.04 bits per heavy atom. The number of carbonyl (C=O) groups is 1. The molecular weight excluding hydrogens is 401 g/mol. The first-order valence-corrected chi connectivity index (χ1v) is 9.67. The molecule has 0 bridgehead atoms. The van der Waals surface area contributed by atoms with Crippen LogP contribution in [0.25, 0.3) is 22.2 Å². The lowest BCUT2D eigenvalue weighted by molar-refractivity contribution is 0.173. The molecule has 28 heavy (non-hydrogen) atoms. The number of halogens is 2. The number of carboxylic acid groups (broad SMARTS) is 1. The molecule has 1 saturated heterocycles. The van der Waals surface area contributed by atoms with Crippen molar-refractivity contribution in [3.8, 4) is 11.3 Å². The van der Waals surface area contributed by atoms with Gasteiger partial charge in [0.1, 0.15) is 11.2 Å². The van der Waals surface area contributed by atoms with Crippen molar-refractivity contribution in [3.05, 3.63) is 40.5 Å². The molecule has 0 saturated carbocycles. The van der Waals surface area contributed by atoms with Crippen molar-refractivity contribution in [2.24, 2.45) is 0 Å². The minimum Gasteiger partial charge on any atom is -0.465 e. The second kappa shape index (κ2) is 7.14. The van der Waals surface area contributed by atoms with Crippen molar-refractivity contribution >= 4 is 46.0 Å².